The van der Waals surface area contributed by atoms with E-state index in [0.29, 0.717) is 17.7 Å². The number of alkyl halides is 6. The number of allylic oxidation sites excluding steroid dienone is 1. The van der Waals surface area contributed by atoms with Gasteiger partial charge in [0, 0.05) is 22.6 Å². The van der Waals surface area contributed by atoms with Crippen molar-refractivity contribution < 1.29 is 31.1 Å². The van der Waals surface area contributed by atoms with Crippen LogP contribution in [0.4, 0.5) is 32.2 Å². The SMILES string of the molecule is O=C1C2=C(Nc3[nH]c(=O)[nH]c(=O)c3C2c2cc(C(F)(F)F)cc(C(F)(F)F)c2)c2ccccc21. The summed E-state index contributed by atoms with van der Waals surface area (Å²) in [5.74, 6) is -2.51. The van der Waals surface area contributed by atoms with Crippen molar-refractivity contribution in [1.82, 2.24) is 9.97 Å². The Kier molecular flexibility index (Phi) is 4.45. The number of rotatable bonds is 1. The van der Waals surface area contributed by atoms with E-state index < -0.39 is 52.0 Å². The van der Waals surface area contributed by atoms with E-state index in [2.05, 4.69) is 10.3 Å². The van der Waals surface area contributed by atoms with Gasteiger partial charge in [0.15, 0.2) is 5.78 Å². The van der Waals surface area contributed by atoms with Crippen LogP contribution in [-0.4, -0.2) is 15.8 Å². The molecule has 0 spiro atoms. The van der Waals surface area contributed by atoms with Crippen molar-refractivity contribution in [3.63, 3.8) is 0 Å². The molecule has 3 aromatic rings. The number of H-pyrrole nitrogens is 2. The van der Waals surface area contributed by atoms with Gasteiger partial charge in [-0.3, -0.25) is 19.6 Å². The van der Waals surface area contributed by atoms with Gasteiger partial charge in [-0.15, -0.1) is 0 Å². The lowest BCUT2D eigenvalue weighted by Gasteiger charge is -2.28. The largest absolute Gasteiger partial charge is 0.416 e. The van der Waals surface area contributed by atoms with Gasteiger partial charge in [-0.05, 0) is 23.8 Å². The Hall–Kier alpha value is -4.09. The molecule has 0 amide bonds. The molecular formula is C22H11F6N3O3. The van der Waals surface area contributed by atoms with Crippen LogP contribution in [0.25, 0.3) is 5.70 Å². The molecule has 0 saturated carbocycles. The number of hydrogen-bond donors (Lipinski definition) is 3. The number of carbonyl (C=O) groups is 1. The van der Waals surface area contributed by atoms with E-state index in [1.54, 1.807) is 6.07 Å². The Morgan fingerprint density at radius 3 is 1.94 bits per heavy atom. The number of halogens is 6. The summed E-state index contributed by atoms with van der Waals surface area (Å²) in [6, 6.07) is 7.01. The maximum Gasteiger partial charge on any atom is 0.416 e. The average molecular weight is 479 g/mol. The third-order valence-electron chi connectivity index (χ3n) is 5.71. The molecule has 174 valence electrons. The van der Waals surface area contributed by atoms with E-state index in [0.717, 1.165) is 0 Å². The fourth-order valence-corrected chi connectivity index (χ4v) is 4.33. The van der Waals surface area contributed by atoms with Gasteiger partial charge < -0.3 is 5.32 Å². The van der Waals surface area contributed by atoms with Gasteiger partial charge in [-0.1, -0.05) is 24.3 Å². The van der Waals surface area contributed by atoms with Crippen molar-refractivity contribution in [1.29, 1.82) is 0 Å². The first-order valence-electron chi connectivity index (χ1n) is 9.67. The molecule has 6 nitrogen and oxygen atoms in total. The van der Waals surface area contributed by atoms with Gasteiger partial charge in [0.25, 0.3) is 5.56 Å². The molecule has 1 aliphatic carbocycles. The van der Waals surface area contributed by atoms with Gasteiger partial charge in [0.2, 0.25) is 0 Å². The van der Waals surface area contributed by atoms with Gasteiger partial charge in [0.1, 0.15) is 5.82 Å². The molecule has 1 atom stereocenters. The number of nitrogens with one attached hydrogen (secondary N) is 3. The van der Waals surface area contributed by atoms with Crippen molar-refractivity contribution in [2.75, 3.05) is 5.32 Å². The second kappa shape index (κ2) is 6.95. The predicted molar refractivity (Wildman–Crippen MR) is 107 cm³/mol. The van der Waals surface area contributed by atoms with Crippen LogP contribution in [0.2, 0.25) is 0 Å². The third kappa shape index (κ3) is 3.25. The van der Waals surface area contributed by atoms with E-state index in [4.69, 9.17) is 0 Å². The molecule has 12 heteroatoms. The summed E-state index contributed by atoms with van der Waals surface area (Å²) < 4.78 is 81.1. The van der Waals surface area contributed by atoms with Crippen LogP contribution in [0.5, 0.6) is 0 Å². The smallest absolute Gasteiger partial charge is 0.340 e. The van der Waals surface area contributed by atoms with Crippen LogP contribution in [0.1, 0.15) is 44.1 Å². The monoisotopic (exact) mass is 479 g/mol. The normalized spacial score (nSPS) is 17.2. The molecule has 5 rings (SSSR count). The van der Waals surface area contributed by atoms with E-state index in [1.807, 2.05) is 4.98 Å². The highest BCUT2D eigenvalue weighted by Crippen LogP contribution is 2.49. The summed E-state index contributed by atoms with van der Waals surface area (Å²) in [7, 11) is 0. The first kappa shape index (κ1) is 21.7. The van der Waals surface area contributed by atoms with E-state index in [1.165, 1.54) is 18.2 Å². The molecule has 34 heavy (non-hydrogen) atoms. The number of ketones is 1. The summed E-state index contributed by atoms with van der Waals surface area (Å²) in [6.45, 7) is 0. The lowest BCUT2D eigenvalue weighted by Crippen LogP contribution is -2.33. The van der Waals surface area contributed by atoms with Crippen LogP contribution in [-0.2, 0) is 12.4 Å². The number of Topliss-reactive ketones (excluding diaryl/α,β-unsaturated/α-hetero) is 1. The summed E-state index contributed by atoms with van der Waals surface area (Å²) >= 11 is 0. The quantitative estimate of drug-likeness (QED) is 0.455. The Bertz CT molecular complexity index is 1500. The Labute approximate surface area is 185 Å². The van der Waals surface area contributed by atoms with Crippen molar-refractivity contribution >= 4 is 17.3 Å². The highest BCUT2D eigenvalue weighted by atomic mass is 19.4. The Morgan fingerprint density at radius 2 is 1.35 bits per heavy atom. The zero-order valence-corrected chi connectivity index (χ0v) is 16.6. The van der Waals surface area contributed by atoms with Crippen molar-refractivity contribution in [2.45, 2.75) is 18.3 Å². The number of fused-ring (bicyclic) bond motifs is 3. The molecule has 0 radical (unpaired) electrons. The molecule has 2 heterocycles. The van der Waals surface area contributed by atoms with Crippen LogP contribution in [0.15, 0.2) is 57.6 Å². The molecule has 1 unspecified atom stereocenters. The number of aromatic nitrogens is 2. The minimum Gasteiger partial charge on any atom is -0.340 e. The predicted octanol–water partition coefficient (Wildman–Crippen LogP) is 4.27. The molecular weight excluding hydrogens is 468 g/mol. The van der Waals surface area contributed by atoms with Crippen LogP contribution < -0.4 is 16.6 Å². The number of aromatic amines is 2. The number of carbonyl (C=O) groups excluding carboxylic acids is 1. The molecule has 3 N–H and O–H groups in total. The van der Waals surface area contributed by atoms with Gasteiger partial charge in [0.05, 0.1) is 22.4 Å². The van der Waals surface area contributed by atoms with E-state index in [9.17, 15) is 40.7 Å². The molecule has 1 aliphatic heterocycles. The summed E-state index contributed by atoms with van der Waals surface area (Å²) in [5, 5.41) is 2.76. The second-order valence-electron chi connectivity index (χ2n) is 7.76. The third-order valence-corrected chi connectivity index (χ3v) is 5.71. The highest BCUT2D eigenvalue weighted by molar-refractivity contribution is 6.23. The van der Waals surface area contributed by atoms with E-state index >= 15 is 0 Å². The van der Waals surface area contributed by atoms with Crippen molar-refractivity contribution in [3.8, 4) is 0 Å². The zero-order chi connectivity index (χ0) is 24.6. The number of benzene rings is 2. The van der Waals surface area contributed by atoms with Gasteiger partial charge in [-0.25, -0.2) is 4.79 Å². The molecule has 0 fully saturated rings. The fraction of sp³-hybridized carbons (Fsp3) is 0.136. The summed E-state index contributed by atoms with van der Waals surface area (Å²) in [4.78, 5) is 42.0. The maximum atomic E-state index is 13.5. The Morgan fingerprint density at radius 1 is 0.765 bits per heavy atom. The van der Waals surface area contributed by atoms with Gasteiger partial charge in [-0.2, -0.15) is 26.3 Å². The summed E-state index contributed by atoms with van der Waals surface area (Å²) in [5.41, 5.74) is -5.77. The van der Waals surface area contributed by atoms with Crippen molar-refractivity contribution in [2.24, 2.45) is 0 Å². The Balaban J connectivity index is 1.86. The van der Waals surface area contributed by atoms with E-state index in [-0.39, 0.29) is 34.3 Å². The topological polar surface area (TPSA) is 94.8 Å². The molecule has 1 aromatic heterocycles. The zero-order valence-electron chi connectivity index (χ0n) is 16.6. The molecule has 0 saturated heterocycles. The van der Waals surface area contributed by atoms with Crippen LogP contribution >= 0.6 is 0 Å². The van der Waals surface area contributed by atoms with Crippen LogP contribution in [0.3, 0.4) is 0 Å². The summed E-state index contributed by atoms with van der Waals surface area (Å²) in [6.07, 6.45) is -10.3. The molecule has 2 aliphatic rings. The maximum absolute atomic E-state index is 13.5. The lowest BCUT2D eigenvalue weighted by molar-refractivity contribution is -0.143. The van der Waals surface area contributed by atoms with Crippen molar-refractivity contribution in [3.05, 3.63) is 102 Å². The minimum absolute atomic E-state index is 0.0386. The lowest BCUT2D eigenvalue weighted by atomic mass is 9.80. The highest BCUT2D eigenvalue weighted by Gasteiger charge is 2.44. The first-order chi connectivity index (χ1) is 15.9. The number of anilines is 1. The number of hydrogen-bond acceptors (Lipinski definition) is 4. The minimum atomic E-state index is -5.14. The first-order valence-corrected chi connectivity index (χ1v) is 9.67. The fourth-order valence-electron chi connectivity index (χ4n) is 4.33. The molecule has 0 bridgehead atoms. The van der Waals surface area contributed by atoms with Crippen LogP contribution in [0, 0.1) is 0 Å². The van der Waals surface area contributed by atoms with Gasteiger partial charge >= 0.3 is 18.0 Å². The average Bonchev–Trinajstić information content (AvgIpc) is 3.03. The standard InChI is InChI=1S/C22H11F6N3O3/c23-21(24,25)9-5-8(6-10(7-9)22(26,27)28)13-14-16(11-3-1-2-4-12(11)17(14)32)29-18-15(13)19(33)31-20(34)30-18/h1-7,13H,(H3,29,30,31,33,34). The molecule has 2 aromatic carbocycles. The second-order valence-corrected chi connectivity index (χ2v) is 7.76.